The van der Waals surface area contributed by atoms with Crippen molar-refractivity contribution in [3.05, 3.63) is 94.7 Å². The predicted molar refractivity (Wildman–Crippen MR) is 166 cm³/mol. The van der Waals surface area contributed by atoms with Gasteiger partial charge in [-0.15, -0.1) is 0 Å². The number of nitrogens with one attached hydrogen (secondary N) is 3. The van der Waals surface area contributed by atoms with E-state index in [9.17, 15) is 27.6 Å². The summed E-state index contributed by atoms with van der Waals surface area (Å²) in [7, 11) is 0. The van der Waals surface area contributed by atoms with Gasteiger partial charge in [0.15, 0.2) is 0 Å². The molecule has 1 saturated carbocycles. The van der Waals surface area contributed by atoms with E-state index in [2.05, 4.69) is 20.8 Å². The lowest BCUT2D eigenvalue weighted by Gasteiger charge is -2.41. The number of benzene rings is 3. The molecule has 1 aromatic heterocycles. The van der Waals surface area contributed by atoms with Gasteiger partial charge in [0.2, 0.25) is 5.91 Å². The smallest absolute Gasteiger partial charge is 0.332 e. The number of aromatic amines is 1. The van der Waals surface area contributed by atoms with Gasteiger partial charge in [-0.3, -0.25) is 9.89 Å². The van der Waals surface area contributed by atoms with Crippen LogP contribution in [0.1, 0.15) is 53.0 Å². The molecule has 242 valence electrons. The molecule has 4 heterocycles. The van der Waals surface area contributed by atoms with E-state index < -0.39 is 17.3 Å². The fourth-order valence-corrected chi connectivity index (χ4v) is 7.52. The highest BCUT2D eigenvalue weighted by molar-refractivity contribution is 5.98. The summed E-state index contributed by atoms with van der Waals surface area (Å²) in [4.78, 5) is 46.1. The second-order valence-electron chi connectivity index (χ2n) is 12.9. The summed E-state index contributed by atoms with van der Waals surface area (Å²) in [6.07, 6.45) is -1.11. The molecule has 10 nitrogen and oxygen atoms in total. The van der Waals surface area contributed by atoms with E-state index in [-0.39, 0.29) is 43.0 Å². The largest absolute Gasteiger partial charge is 0.416 e. The summed E-state index contributed by atoms with van der Waals surface area (Å²) in [5.74, 6) is -0.511. The Labute approximate surface area is 267 Å². The number of halogens is 3. The summed E-state index contributed by atoms with van der Waals surface area (Å²) < 4.78 is 39.6. The van der Waals surface area contributed by atoms with Crippen LogP contribution < -0.4 is 10.6 Å². The maximum Gasteiger partial charge on any atom is 0.416 e. The molecule has 1 saturated heterocycles. The van der Waals surface area contributed by atoms with E-state index in [1.54, 1.807) is 16.0 Å². The van der Waals surface area contributed by atoms with Crippen LogP contribution in [0.15, 0.2) is 66.9 Å². The van der Waals surface area contributed by atoms with E-state index >= 15 is 0 Å². The van der Waals surface area contributed by atoms with Gasteiger partial charge in [0.1, 0.15) is 5.54 Å². The van der Waals surface area contributed by atoms with E-state index in [4.69, 9.17) is 0 Å². The SMILES string of the molecule is O=C(N[C@]12CC1c1ccc3[nH]ncc3c1CN(Cc1ccc(C(F)(F)F)cc1)C2=O)N1CCC(N2Cc3ccccc3NC2=O)CC1. The molecule has 4 aliphatic rings. The van der Waals surface area contributed by atoms with Gasteiger partial charge in [-0.05, 0) is 65.8 Å². The van der Waals surface area contributed by atoms with Crippen molar-refractivity contribution in [2.24, 2.45) is 0 Å². The molecule has 3 aromatic carbocycles. The van der Waals surface area contributed by atoms with Gasteiger partial charge in [-0.1, -0.05) is 36.4 Å². The molecule has 4 aromatic rings. The highest BCUT2D eigenvalue weighted by Crippen LogP contribution is 2.56. The van der Waals surface area contributed by atoms with Crippen LogP contribution in [-0.2, 0) is 30.6 Å². The summed E-state index contributed by atoms with van der Waals surface area (Å²) >= 11 is 0. The van der Waals surface area contributed by atoms with Gasteiger partial charge in [0.25, 0.3) is 0 Å². The lowest BCUT2D eigenvalue weighted by Crippen LogP contribution is -2.57. The van der Waals surface area contributed by atoms with Gasteiger partial charge in [0.05, 0.1) is 17.3 Å². The molecule has 2 atom stereocenters. The number of amides is 5. The summed E-state index contributed by atoms with van der Waals surface area (Å²) in [6.45, 7) is 1.68. The number of anilines is 1. The zero-order valence-electron chi connectivity index (χ0n) is 25.3. The van der Waals surface area contributed by atoms with Crippen molar-refractivity contribution in [3.8, 4) is 0 Å². The quantitative estimate of drug-likeness (QED) is 0.270. The Kier molecular flexibility index (Phi) is 6.71. The standard InChI is InChI=1S/C34H32F3N7O3/c35-34(36,37)22-7-5-20(6-8-22)17-43-19-26-24(9-10-29-25(26)16-38-41-29)27-15-33(27,30(43)45)40-32(47)42-13-11-23(12-14-42)44-18-21-3-1-2-4-28(21)39-31(44)46/h1-10,16,23,27H,11-15,17-19H2,(H,38,41)(H,39,46)(H,40,47)/t27?,33-/m1/s1. The van der Waals surface area contributed by atoms with Crippen LogP contribution in [0.25, 0.3) is 10.9 Å². The zero-order valence-corrected chi connectivity index (χ0v) is 25.3. The molecule has 3 N–H and O–H groups in total. The molecule has 0 radical (unpaired) electrons. The van der Waals surface area contributed by atoms with E-state index in [1.165, 1.54) is 12.1 Å². The first kappa shape index (κ1) is 29.3. The van der Waals surface area contributed by atoms with E-state index in [0.717, 1.165) is 45.4 Å². The fourth-order valence-electron chi connectivity index (χ4n) is 7.52. The number of rotatable bonds is 4. The van der Waals surface area contributed by atoms with Crippen LogP contribution in [0.2, 0.25) is 0 Å². The molecule has 1 unspecified atom stereocenters. The number of urea groups is 2. The summed E-state index contributed by atoms with van der Waals surface area (Å²) in [5.41, 5.74) is 3.19. The van der Waals surface area contributed by atoms with Crippen LogP contribution in [0.3, 0.4) is 0 Å². The highest BCUT2D eigenvalue weighted by atomic mass is 19.4. The Bertz CT molecular complexity index is 1900. The molecule has 2 fully saturated rings. The van der Waals surface area contributed by atoms with Crippen molar-refractivity contribution in [1.82, 2.24) is 30.2 Å². The Balaban J connectivity index is 1.01. The van der Waals surface area contributed by atoms with Crippen molar-refractivity contribution < 1.29 is 27.6 Å². The number of fused-ring (bicyclic) bond motifs is 6. The van der Waals surface area contributed by atoms with E-state index in [0.29, 0.717) is 44.5 Å². The first-order valence-corrected chi connectivity index (χ1v) is 15.7. The maximum atomic E-state index is 14.3. The van der Waals surface area contributed by atoms with Gasteiger partial charge in [-0.25, -0.2) is 9.59 Å². The number of alkyl halides is 3. The lowest BCUT2D eigenvalue weighted by molar-refractivity contribution is -0.138. The fraction of sp³-hybridized carbons (Fsp3) is 0.353. The Morgan fingerprint density at radius 3 is 2.53 bits per heavy atom. The van der Waals surface area contributed by atoms with Crippen LogP contribution in [0, 0.1) is 0 Å². The predicted octanol–water partition coefficient (Wildman–Crippen LogP) is 5.57. The molecule has 3 aliphatic heterocycles. The number of nitrogens with zero attached hydrogens (tertiary/aromatic N) is 4. The molecular weight excluding hydrogens is 611 g/mol. The topological polar surface area (TPSA) is 114 Å². The number of para-hydroxylation sites is 1. The number of carbonyl (C=O) groups excluding carboxylic acids is 3. The third-order valence-corrected chi connectivity index (χ3v) is 10.2. The first-order chi connectivity index (χ1) is 22.6. The number of likely N-dealkylation sites (tertiary alicyclic amines) is 1. The van der Waals surface area contributed by atoms with Crippen LogP contribution >= 0.6 is 0 Å². The highest BCUT2D eigenvalue weighted by Gasteiger charge is 2.65. The molecule has 47 heavy (non-hydrogen) atoms. The molecule has 1 aliphatic carbocycles. The number of aromatic nitrogens is 2. The summed E-state index contributed by atoms with van der Waals surface area (Å²) in [6, 6.07) is 15.9. The molecule has 8 rings (SSSR count). The zero-order chi connectivity index (χ0) is 32.5. The minimum atomic E-state index is -4.46. The van der Waals surface area contributed by atoms with Crippen molar-refractivity contribution in [2.45, 2.75) is 62.6 Å². The number of piperidine rings is 1. The number of hydrogen-bond donors (Lipinski definition) is 3. The summed E-state index contributed by atoms with van der Waals surface area (Å²) in [5, 5.41) is 14.1. The monoisotopic (exact) mass is 643 g/mol. The number of hydrogen-bond acceptors (Lipinski definition) is 4. The van der Waals surface area contributed by atoms with Gasteiger partial charge in [0, 0.05) is 55.8 Å². The van der Waals surface area contributed by atoms with Gasteiger partial charge in [-0.2, -0.15) is 18.3 Å². The maximum absolute atomic E-state index is 14.3. The van der Waals surface area contributed by atoms with E-state index in [1.807, 2.05) is 41.3 Å². The number of carbonyl (C=O) groups is 3. The van der Waals surface area contributed by atoms with Crippen LogP contribution in [0.4, 0.5) is 28.4 Å². The average Bonchev–Trinajstić information content (AvgIpc) is 3.59. The minimum absolute atomic E-state index is 0.0257. The Morgan fingerprint density at radius 1 is 1.00 bits per heavy atom. The molecule has 0 bridgehead atoms. The third-order valence-electron chi connectivity index (χ3n) is 10.2. The molecule has 0 spiro atoms. The third kappa shape index (κ3) is 5.04. The van der Waals surface area contributed by atoms with Gasteiger partial charge < -0.3 is 25.3 Å². The second kappa shape index (κ2) is 10.7. The normalized spacial score (nSPS) is 22.7. The Morgan fingerprint density at radius 2 is 1.77 bits per heavy atom. The van der Waals surface area contributed by atoms with Crippen LogP contribution in [0.5, 0.6) is 0 Å². The van der Waals surface area contributed by atoms with Crippen molar-refractivity contribution >= 4 is 34.6 Å². The van der Waals surface area contributed by atoms with Crippen LogP contribution in [-0.4, -0.2) is 67.5 Å². The lowest BCUT2D eigenvalue weighted by atomic mass is 9.98. The van der Waals surface area contributed by atoms with Crippen molar-refractivity contribution in [2.75, 3.05) is 18.4 Å². The van der Waals surface area contributed by atoms with Crippen molar-refractivity contribution in [1.29, 1.82) is 0 Å². The minimum Gasteiger partial charge on any atom is -0.332 e. The average molecular weight is 644 g/mol. The molecular formula is C34H32F3N7O3. The molecule has 5 amide bonds. The Hall–Kier alpha value is -5.07. The first-order valence-electron chi connectivity index (χ1n) is 15.7. The van der Waals surface area contributed by atoms with Crippen molar-refractivity contribution in [3.63, 3.8) is 0 Å². The van der Waals surface area contributed by atoms with Gasteiger partial charge >= 0.3 is 18.2 Å². The molecule has 13 heteroatoms. The number of H-pyrrole nitrogens is 1. The second-order valence-corrected chi connectivity index (χ2v) is 12.9.